The van der Waals surface area contributed by atoms with Gasteiger partial charge >= 0.3 is 18.1 Å². The van der Waals surface area contributed by atoms with Gasteiger partial charge < -0.3 is 35.4 Å². The van der Waals surface area contributed by atoms with Crippen LogP contribution in [0.3, 0.4) is 0 Å². The zero-order valence-electron chi connectivity index (χ0n) is 23.9. The summed E-state index contributed by atoms with van der Waals surface area (Å²) < 4.78 is 10.1. The summed E-state index contributed by atoms with van der Waals surface area (Å²) in [5.41, 5.74) is -0.706. The van der Waals surface area contributed by atoms with Crippen LogP contribution in [-0.2, 0) is 19.1 Å². The van der Waals surface area contributed by atoms with Crippen molar-refractivity contribution in [2.45, 2.75) is 117 Å². The third-order valence-electron chi connectivity index (χ3n) is 6.07. The molecule has 4 amide bonds. The zero-order chi connectivity index (χ0) is 28.5. The van der Waals surface area contributed by atoms with E-state index in [1.165, 1.54) is 12.0 Å². The molecule has 37 heavy (non-hydrogen) atoms. The number of amides is 4. The standard InChI is InChI=1S/C26H48N4O7/c1-15(2)12-19(29-25(35)37-26(6,7)8)22(32)27-18-11-10-17(5)30(14-21(18)31)24(34)28-20(13-16(3)4)23(33)36-9/h15-21,31H,10-14H2,1-9H3,(H,27,32)(H,28,34)(H,29,35). The molecular weight excluding hydrogens is 480 g/mol. The van der Waals surface area contributed by atoms with E-state index >= 15 is 0 Å². The summed E-state index contributed by atoms with van der Waals surface area (Å²) in [7, 11) is 1.28. The minimum atomic E-state index is -1.04. The van der Waals surface area contributed by atoms with Gasteiger partial charge in [0, 0.05) is 6.04 Å². The third-order valence-corrected chi connectivity index (χ3v) is 6.07. The van der Waals surface area contributed by atoms with Crippen molar-refractivity contribution in [1.82, 2.24) is 20.9 Å². The number of esters is 1. The van der Waals surface area contributed by atoms with Crippen LogP contribution in [0.25, 0.3) is 0 Å². The molecule has 0 bridgehead atoms. The van der Waals surface area contributed by atoms with Crippen LogP contribution in [-0.4, -0.2) is 83.5 Å². The highest BCUT2D eigenvalue weighted by Gasteiger charge is 2.36. The number of carbonyl (C=O) groups excluding carboxylic acids is 4. The van der Waals surface area contributed by atoms with Crippen LogP contribution in [0, 0.1) is 11.8 Å². The van der Waals surface area contributed by atoms with Gasteiger partial charge in [0.25, 0.3) is 0 Å². The van der Waals surface area contributed by atoms with Crippen molar-refractivity contribution in [2.75, 3.05) is 13.7 Å². The number of aliphatic hydroxyl groups is 1. The second-order valence-corrected chi connectivity index (χ2v) is 11.7. The number of hydrogen-bond acceptors (Lipinski definition) is 7. The van der Waals surface area contributed by atoms with E-state index in [0.717, 1.165) is 0 Å². The molecule has 1 fully saturated rings. The Kier molecular flexibility index (Phi) is 12.6. The Morgan fingerprint density at radius 1 is 0.973 bits per heavy atom. The van der Waals surface area contributed by atoms with Crippen LogP contribution >= 0.6 is 0 Å². The van der Waals surface area contributed by atoms with Gasteiger partial charge in [-0.15, -0.1) is 0 Å². The van der Waals surface area contributed by atoms with Gasteiger partial charge in [0.2, 0.25) is 5.91 Å². The van der Waals surface area contributed by atoms with Crippen molar-refractivity contribution < 1.29 is 33.8 Å². The van der Waals surface area contributed by atoms with Gasteiger partial charge in [-0.2, -0.15) is 0 Å². The number of aliphatic hydroxyl groups excluding tert-OH is 1. The molecular formula is C26H48N4O7. The molecule has 5 atom stereocenters. The number of ether oxygens (including phenoxy) is 2. The Labute approximate surface area is 221 Å². The summed E-state index contributed by atoms with van der Waals surface area (Å²) in [4.78, 5) is 52.1. The molecule has 0 saturated carbocycles. The number of alkyl carbamates (subject to hydrolysis) is 1. The first-order chi connectivity index (χ1) is 17.0. The maximum atomic E-state index is 13.1. The Bertz CT molecular complexity index is 781. The number of urea groups is 1. The van der Waals surface area contributed by atoms with Crippen LogP contribution in [0.1, 0.15) is 81.1 Å². The van der Waals surface area contributed by atoms with Crippen LogP contribution in [0.5, 0.6) is 0 Å². The van der Waals surface area contributed by atoms with Gasteiger partial charge in [-0.25, -0.2) is 14.4 Å². The van der Waals surface area contributed by atoms with Crippen molar-refractivity contribution in [3.63, 3.8) is 0 Å². The Hall–Kier alpha value is -2.56. The monoisotopic (exact) mass is 528 g/mol. The fourth-order valence-corrected chi connectivity index (χ4v) is 4.22. The summed E-state index contributed by atoms with van der Waals surface area (Å²) in [5.74, 6) is -0.664. The fourth-order valence-electron chi connectivity index (χ4n) is 4.22. The maximum absolute atomic E-state index is 13.1. The van der Waals surface area contributed by atoms with Crippen LogP contribution in [0.2, 0.25) is 0 Å². The number of carbonyl (C=O) groups is 4. The van der Waals surface area contributed by atoms with Gasteiger partial charge in [0.15, 0.2) is 0 Å². The van der Waals surface area contributed by atoms with E-state index in [2.05, 4.69) is 16.0 Å². The van der Waals surface area contributed by atoms with Crippen molar-refractivity contribution in [1.29, 1.82) is 0 Å². The molecule has 11 nitrogen and oxygen atoms in total. The highest BCUT2D eigenvalue weighted by Crippen LogP contribution is 2.19. The number of nitrogens with one attached hydrogen (secondary N) is 3. The second kappa shape index (κ2) is 14.4. The van der Waals surface area contributed by atoms with E-state index in [-0.39, 0.29) is 24.4 Å². The Morgan fingerprint density at radius 2 is 1.54 bits per heavy atom. The Balaban J connectivity index is 2.91. The summed E-state index contributed by atoms with van der Waals surface area (Å²) in [5, 5.41) is 19.2. The van der Waals surface area contributed by atoms with Crippen LogP contribution in [0.4, 0.5) is 9.59 Å². The second-order valence-electron chi connectivity index (χ2n) is 11.7. The number of rotatable bonds is 9. The number of methoxy groups -OCH3 is 1. The van der Waals surface area contributed by atoms with Gasteiger partial charge in [0.1, 0.15) is 17.7 Å². The van der Waals surface area contributed by atoms with E-state index in [1.54, 1.807) is 20.8 Å². The summed E-state index contributed by atoms with van der Waals surface area (Å²) in [6, 6.07) is -2.95. The zero-order valence-corrected chi connectivity index (χ0v) is 23.9. The molecule has 1 heterocycles. The van der Waals surface area contributed by atoms with Crippen LogP contribution < -0.4 is 16.0 Å². The normalized spacial score (nSPS) is 22.1. The smallest absolute Gasteiger partial charge is 0.408 e. The van der Waals surface area contributed by atoms with Gasteiger partial charge in [-0.05, 0) is 65.2 Å². The molecule has 0 aromatic rings. The number of hydrogen-bond donors (Lipinski definition) is 4. The molecule has 11 heteroatoms. The summed E-state index contributed by atoms with van der Waals surface area (Å²) in [6.45, 7) is 14.8. The van der Waals surface area contributed by atoms with Gasteiger partial charge in [-0.1, -0.05) is 27.7 Å². The minimum absolute atomic E-state index is 0.0259. The maximum Gasteiger partial charge on any atom is 0.408 e. The van der Waals surface area contributed by atoms with Gasteiger partial charge in [-0.3, -0.25) is 4.79 Å². The predicted octanol–water partition coefficient (Wildman–Crippen LogP) is 2.55. The predicted molar refractivity (Wildman–Crippen MR) is 140 cm³/mol. The largest absolute Gasteiger partial charge is 0.467 e. The minimum Gasteiger partial charge on any atom is -0.467 e. The molecule has 214 valence electrons. The molecule has 5 unspecified atom stereocenters. The highest BCUT2D eigenvalue weighted by molar-refractivity contribution is 5.86. The molecule has 1 aliphatic heterocycles. The van der Waals surface area contributed by atoms with Crippen molar-refractivity contribution in [3.8, 4) is 0 Å². The topological polar surface area (TPSA) is 146 Å². The third kappa shape index (κ3) is 11.6. The lowest BCUT2D eigenvalue weighted by atomic mass is 10.0. The van der Waals surface area contributed by atoms with Crippen molar-refractivity contribution >= 4 is 24.0 Å². The summed E-state index contributed by atoms with van der Waals surface area (Å²) >= 11 is 0. The van der Waals surface area contributed by atoms with E-state index in [9.17, 15) is 24.3 Å². The number of nitrogens with zero attached hydrogens (tertiary/aromatic N) is 1. The molecule has 0 aromatic carbocycles. The SMILES string of the molecule is COC(=O)C(CC(C)C)NC(=O)N1CC(O)C(NC(=O)C(CC(C)C)NC(=O)OC(C)(C)C)CCC1C. The molecule has 0 aromatic heterocycles. The van der Waals surface area contributed by atoms with E-state index in [0.29, 0.717) is 25.7 Å². The lowest BCUT2D eigenvalue weighted by Gasteiger charge is -2.31. The quantitative estimate of drug-likeness (QED) is 0.336. The molecule has 0 radical (unpaired) electrons. The van der Waals surface area contributed by atoms with Crippen LogP contribution in [0.15, 0.2) is 0 Å². The van der Waals surface area contributed by atoms with Crippen molar-refractivity contribution in [2.24, 2.45) is 11.8 Å². The average Bonchev–Trinajstić information content (AvgIpc) is 2.89. The highest BCUT2D eigenvalue weighted by atomic mass is 16.6. The molecule has 1 saturated heterocycles. The first-order valence-electron chi connectivity index (χ1n) is 13.2. The number of likely N-dealkylation sites (tertiary alicyclic amines) is 1. The Morgan fingerprint density at radius 3 is 2.05 bits per heavy atom. The van der Waals surface area contributed by atoms with Gasteiger partial charge in [0.05, 0.1) is 25.8 Å². The molecule has 0 aliphatic carbocycles. The molecule has 4 N–H and O–H groups in total. The molecule has 0 spiro atoms. The van der Waals surface area contributed by atoms with E-state index in [1.807, 2.05) is 34.6 Å². The molecule has 1 aliphatic rings. The van der Waals surface area contributed by atoms with E-state index < -0.39 is 53.8 Å². The summed E-state index contributed by atoms with van der Waals surface area (Å²) in [6.07, 6.45) is 0.0465. The number of β-amino-alcohol motifs (C(OH)–C–C–N with tert-alkyl or cyclic N) is 1. The van der Waals surface area contributed by atoms with Crippen molar-refractivity contribution in [3.05, 3.63) is 0 Å². The first kappa shape index (κ1) is 32.5. The fraction of sp³-hybridized carbons (Fsp3) is 0.846. The lowest BCUT2D eigenvalue weighted by molar-refractivity contribution is -0.143. The molecule has 1 rings (SSSR count). The average molecular weight is 529 g/mol. The van der Waals surface area contributed by atoms with E-state index in [4.69, 9.17) is 9.47 Å². The lowest BCUT2D eigenvalue weighted by Crippen LogP contribution is -2.56. The first-order valence-corrected chi connectivity index (χ1v) is 13.2.